The van der Waals surface area contributed by atoms with E-state index in [1.165, 1.54) is 6.07 Å². The Morgan fingerprint density at radius 1 is 1.29 bits per heavy atom. The van der Waals surface area contributed by atoms with Crippen molar-refractivity contribution in [3.63, 3.8) is 0 Å². The van der Waals surface area contributed by atoms with E-state index in [4.69, 9.17) is 5.11 Å². The predicted molar refractivity (Wildman–Crippen MR) is 65.2 cm³/mol. The maximum absolute atomic E-state index is 10.8. The number of carboxylic acid groups (broad SMARTS) is 1. The summed E-state index contributed by atoms with van der Waals surface area (Å²) in [4.78, 5) is 14.7. The molecule has 5 nitrogen and oxygen atoms in total. The highest BCUT2D eigenvalue weighted by atomic mass is 16.4. The highest BCUT2D eigenvalue weighted by molar-refractivity contribution is 5.85. The van der Waals surface area contributed by atoms with Crippen molar-refractivity contribution in [1.82, 2.24) is 4.98 Å². The molecule has 0 radical (unpaired) electrons. The van der Waals surface area contributed by atoms with Crippen LogP contribution in [0, 0.1) is 0 Å². The summed E-state index contributed by atoms with van der Waals surface area (Å²) in [5, 5.41) is 21.8. The molecule has 0 aliphatic rings. The predicted octanol–water partition coefficient (Wildman–Crippen LogP) is 1.74. The van der Waals surface area contributed by atoms with E-state index in [1.807, 2.05) is 13.8 Å². The molecular formula is C12H18N2O3. The van der Waals surface area contributed by atoms with E-state index in [0.29, 0.717) is 5.82 Å². The molecule has 0 bridgehead atoms. The summed E-state index contributed by atoms with van der Waals surface area (Å²) in [5.74, 6) is -0.647. The number of rotatable bonds is 4. The number of nitrogens with zero attached hydrogens (tertiary/aromatic N) is 1. The zero-order valence-electron chi connectivity index (χ0n) is 10.5. The number of hydrogen-bond donors (Lipinski definition) is 3. The number of aromatic nitrogens is 1. The van der Waals surface area contributed by atoms with Gasteiger partial charge >= 0.3 is 5.97 Å². The van der Waals surface area contributed by atoms with Gasteiger partial charge in [0.2, 0.25) is 0 Å². The second-order valence-electron chi connectivity index (χ2n) is 5.02. The van der Waals surface area contributed by atoms with Crippen molar-refractivity contribution in [2.45, 2.75) is 38.8 Å². The molecule has 17 heavy (non-hydrogen) atoms. The first-order valence-electron chi connectivity index (χ1n) is 5.34. The maximum atomic E-state index is 10.8. The van der Waals surface area contributed by atoms with Gasteiger partial charge in [0.05, 0.1) is 11.1 Å². The van der Waals surface area contributed by atoms with Gasteiger partial charge in [-0.05, 0) is 39.8 Å². The number of carboxylic acids is 1. The quantitative estimate of drug-likeness (QED) is 0.744. The van der Waals surface area contributed by atoms with Crippen molar-refractivity contribution in [3.8, 4) is 0 Å². The van der Waals surface area contributed by atoms with Crippen LogP contribution >= 0.6 is 0 Å². The Hall–Kier alpha value is -1.62. The van der Waals surface area contributed by atoms with Crippen molar-refractivity contribution >= 4 is 11.8 Å². The van der Waals surface area contributed by atoms with E-state index in [-0.39, 0.29) is 5.69 Å². The van der Waals surface area contributed by atoms with Gasteiger partial charge in [0.15, 0.2) is 5.69 Å². The van der Waals surface area contributed by atoms with Crippen molar-refractivity contribution in [3.05, 3.63) is 23.9 Å². The zero-order chi connectivity index (χ0) is 13.3. The normalized spacial score (nSPS) is 12.3. The molecule has 0 amide bonds. The summed E-state index contributed by atoms with van der Waals surface area (Å²) in [6.45, 7) is 7.01. The number of nitrogens with one attached hydrogen (secondary N) is 1. The lowest BCUT2D eigenvalue weighted by Gasteiger charge is -2.38. The second kappa shape index (κ2) is 4.33. The first-order chi connectivity index (χ1) is 7.63. The average Bonchev–Trinajstić information content (AvgIpc) is 2.15. The Morgan fingerprint density at radius 2 is 1.88 bits per heavy atom. The fourth-order valence-electron chi connectivity index (χ4n) is 1.10. The third kappa shape index (κ3) is 3.17. The first-order valence-corrected chi connectivity index (χ1v) is 5.34. The van der Waals surface area contributed by atoms with Crippen LogP contribution in [0.2, 0.25) is 0 Å². The molecule has 94 valence electrons. The lowest BCUT2D eigenvalue weighted by atomic mass is 9.86. The van der Waals surface area contributed by atoms with E-state index < -0.39 is 17.1 Å². The molecule has 0 aliphatic heterocycles. The molecule has 0 saturated heterocycles. The monoisotopic (exact) mass is 238 g/mol. The van der Waals surface area contributed by atoms with Gasteiger partial charge in [-0.2, -0.15) is 0 Å². The fraction of sp³-hybridized carbons (Fsp3) is 0.500. The number of carbonyl (C=O) groups is 1. The van der Waals surface area contributed by atoms with Crippen molar-refractivity contribution in [2.24, 2.45) is 0 Å². The molecule has 0 aromatic carbocycles. The van der Waals surface area contributed by atoms with Gasteiger partial charge in [0, 0.05) is 0 Å². The molecule has 0 fully saturated rings. The minimum atomic E-state index is -1.07. The van der Waals surface area contributed by atoms with E-state index in [0.717, 1.165) is 0 Å². The van der Waals surface area contributed by atoms with Crippen LogP contribution in [0.5, 0.6) is 0 Å². The van der Waals surface area contributed by atoms with Gasteiger partial charge < -0.3 is 15.5 Å². The Labute approximate surface area is 101 Å². The van der Waals surface area contributed by atoms with Crippen LogP contribution in [0.1, 0.15) is 38.2 Å². The zero-order valence-corrected chi connectivity index (χ0v) is 10.5. The van der Waals surface area contributed by atoms with Crippen molar-refractivity contribution < 1.29 is 15.0 Å². The Balaban J connectivity index is 2.96. The fourth-order valence-corrected chi connectivity index (χ4v) is 1.10. The minimum Gasteiger partial charge on any atom is -0.477 e. The number of pyridine rings is 1. The summed E-state index contributed by atoms with van der Waals surface area (Å²) in [5.41, 5.74) is -1.62. The molecule has 0 spiro atoms. The number of aliphatic hydroxyl groups is 1. The summed E-state index contributed by atoms with van der Waals surface area (Å²) in [7, 11) is 0. The Bertz CT molecular complexity index is 422. The summed E-state index contributed by atoms with van der Waals surface area (Å²) in [6, 6.07) is 4.70. The van der Waals surface area contributed by atoms with Crippen LogP contribution in [0.15, 0.2) is 18.2 Å². The van der Waals surface area contributed by atoms with E-state index >= 15 is 0 Å². The van der Waals surface area contributed by atoms with E-state index in [9.17, 15) is 9.90 Å². The molecule has 1 heterocycles. The number of anilines is 1. The van der Waals surface area contributed by atoms with E-state index in [2.05, 4.69) is 10.3 Å². The maximum Gasteiger partial charge on any atom is 0.354 e. The molecule has 1 aromatic heterocycles. The first kappa shape index (κ1) is 13.4. The van der Waals surface area contributed by atoms with Crippen molar-refractivity contribution in [1.29, 1.82) is 0 Å². The molecule has 5 heteroatoms. The smallest absolute Gasteiger partial charge is 0.354 e. The molecule has 0 atom stereocenters. The van der Waals surface area contributed by atoms with Crippen LogP contribution in [-0.4, -0.2) is 32.3 Å². The third-order valence-corrected chi connectivity index (χ3v) is 2.94. The second-order valence-corrected chi connectivity index (χ2v) is 5.02. The van der Waals surface area contributed by atoms with Crippen molar-refractivity contribution in [2.75, 3.05) is 5.32 Å². The van der Waals surface area contributed by atoms with Crippen LogP contribution in [0.25, 0.3) is 0 Å². The van der Waals surface area contributed by atoms with Crippen LogP contribution in [0.4, 0.5) is 5.82 Å². The van der Waals surface area contributed by atoms with Gasteiger partial charge in [-0.3, -0.25) is 0 Å². The Morgan fingerprint density at radius 3 is 2.35 bits per heavy atom. The summed E-state index contributed by atoms with van der Waals surface area (Å²) < 4.78 is 0. The minimum absolute atomic E-state index is 0.0263. The highest BCUT2D eigenvalue weighted by Gasteiger charge is 2.35. The van der Waals surface area contributed by atoms with Crippen LogP contribution in [0.3, 0.4) is 0 Å². The van der Waals surface area contributed by atoms with Crippen LogP contribution in [-0.2, 0) is 0 Å². The SMILES string of the molecule is CC(C)(O)C(C)(C)Nc1cccc(C(=O)O)n1. The number of hydrogen-bond acceptors (Lipinski definition) is 4. The topological polar surface area (TPSA) is 82.5 Å². The van der Waals surface area contributed by atoms with Gasteiger partial charge in [-0.15, -0.1) is 0 Å². The van der Waals surface area contributed by atoms with Crippen LogP contribution < -0.4 is 5.32 Å². The summed E-state index contributed by atoms with van der Waals surface area (Å²) >= 11 is 0. The van der Waals surface area contributed by atoms with Gasteiger partial charge in [-0.1, -0.05) is 6.07 Å². The Kier molecular flexibility index (Phi) is 3.43. The molecule has 3 N–H and O–H groups in total. The lowest BCUT2D eigenvalue weighted by Crippen LogP contribution is -2.51. The van der Waals surface area contributed by atoms with Gasteiger partial charge in [-0.25, -0.2) is 9.78 Å². The van der Waals surface area contributed by atoms with E-state index in [1.54, 1.807) is 26.0 Å². The molecule has 0 saturated carbocycles. The largest absolute Gasteiger partial charge is 0.477 e. The van der Waals surface area contributed by atoms with Gasteiger partial charge in [0.1, 0.15) is 5.82 Å². The molecular weight excluding hydrogens is 220 g/mol. The molecule has 0 unspecified atom stereocenters. The van der Waals surface area contributed by atoms with Gasteiger partial charge in [0.25, 0.3) is 0 Å². The number of aromatic carboxylic acids is 1. The highest BCUT2D eigenvalue weighted by Crippen LogP contribution is 2.24. The summed E-state index contributed by atoms with van der Waals surface area (Å²) in [6.07, 6.45) is 0. The molecule has 0 aliphatic carbocycles. The molecule has 1 aromatic rings. The lowest BCUT2D eigenvalue weighted by molar-refractivity contribution is 0.0239. The average molecular weight is 238 g/mol. The molecule has 1 rings (SSSR count). The standard InChI is InChI=1S/C12H18N2O3/c1-11(2,12(3,4)17)14-9-7-5-6-8(13-9)10(15)16/h5-7,17H,1-4H3,(H,13,14)(H,15,16). The third-order valence-electron chi connectivity index (χ3n) is 2.94.